The van der Waals surface area contributed by atoms with Gasteiger partial charge in [-0.2, -0.15) is 4.98 Å². The summed E-state index contributed by atoms with van der Waals surface area (Å²) in [5.74, 6) is 1.39. The number of likely N-dealkylation sites (tertiary alicyclic amines) is 1. The zero-order valence-electron chi connectivity index (χ0n) is 16.4. The standard InChI is InChI=1S/C23H25N3O2/c1-3-17-9-11-18(12-10-17)23(27)26-13-5-8-20(15-26)22-24-21(25-28-22)19-7-4-6-16(2)14-19/h4,6-7,9-12,14,20H,3,5,8,13,15H2,1-2H3/t20-/m1/s1. The minimum atomic E-state index is 0.0748. The van der Waals surface area contributed by atoms with Crippen LogP contribution in [0.25, 0.3) is 11.4 Å². The average molecular weight is 375 g/mol. The van der Waals surface area contributed by atoms with Gasteiger partial charge in [0.2, 0.25) is 11.7 Å². The Hall–Kier alpha value is -2.95. The number of amides is 1. The first-order valence-corrected chi connectivity index (χ1v) is 9.93. The summed E-state index contributed by atoms with van der Waals surface area (Å²) in [7, 11) is 0. The Balaban J connectivity index is 1.48. The summed E-state index contributed by atoms with van der Waals surface area (Å²) in [6.07, 6.45) is 2.86. The van der Waals surface area contributed by atoms with Gasteiger partial charge in [0.15, 0.2) is 0 Å². The maximum absolute atomic E-state index is 12.9. The average Bonchev–Trinajstić information content (AvgIpc) is 3.24. The smallest absolute Gasteiger partial charge is 0.253 e. The molecule has 0 aliphatic carbocycles. The van der Waals surface area contributed by atoms with Gasteiger partial charge in [0.05, 0.1) is 5.92 Å². The van der Waals surface area contributed by atoms with Crippen molar-refractivity contribution in [1.82, 2.24) is 15.0 Å². The van der Waals surface area contributed by atoms with E-state index in [-0.39, 0.29) is 11.8 Å². The third kappa shape index (κ3) is 3.84. The molecule has 0 radical (unpaired) electrons. The first-order chi connectivity index (χ1) is 13.6. The van der Waals surface area contributed by atoms with E-state index in [0.717, 1.165) is 42.5 Å². The minimum absolute atomic E-state index is 0.0748. The van der Waals surface area contributed by atoms with E-state index in [2.05, 4.69) is 17.1 Å². The van der Waals surface area contributed by atoms with Crippen molar-refractivity contribution < 1.29 is 9.32 Å². The molecule has 2 aromatic carbocycles. The predicted octanol–water partition coefficient (Wildman–Crippen LogP) is 4.63. The summed E-state index contributed by atoms with van der Waals surface area (Å²) in [4.78, 5) is 19.4. The number of hydrogen-bond acceptors (Lipinski definition) is 4. The summed E-state index contributed by atoms with van der Waals surface area (Å²) < 4.78 is 5.56. The number of benzene rings is 2. The van der Waals surface area contributed by atoms with Crippen molar-refractivity contribution in [1.29, 1.82) is 0 Å². The molecule has 0 unspecified atom stereocenters. The van der Waals surface area contributed by atoms with Crippen LogP contribution in [-0.4, -0.2) is 34.0 Å². The minimum Gasteiger partial charge on any atom is -0.339 e. The number of piperidine rings is 1. The molecule has 5 nitrogen and oxygen atoms in total. The molecular weight excluding hydrogens is 350 g/mol. The second-order valence-corrected chi connectivity index (χ2v) is 7.47. The Kier molecular flexibility index (Phi) is 5.24. The highest BCUT2D eigenvalue weighted by Crippen LogP contribution is 2.28. The highest BCUT2D eigenvalue weighted by atomic mass is 16.5. The van der Waals surface area contributed by atoms with Crippen LogP contribution in [0, 0.1) is 6.92 Å². The number of aromatic nitrogens is 2. The molecule has 1 atom stereocenters. The van der Waals surface area contributed by atoms with E-state index >= 15 is 0 Å². The lowest BCUT2D eigenvalue weighted by atomic mass is 9.97. The van der Waals surface area contributed by atoms with Crippen molar-refractivity contribution in [3.63, 3.8) is 0 Å². The second kappa shape index (κ2) is 7.97. The molecule has 28 heavy (non-hydrogen) atoms. The molecule has 0 N–H and O–H groups in total. The highest BCUT2D eigenvalue weighted by molar-refractivity contribution is 5.94. The number of carbonyl (C=O) groups is 1. The molecule has 5 heteroatoms. The van der Waals surface area contributed by atoms with Crippen molar-refractivity contribution >= 4 is 5.91 Å². The Morgan fingerprint density at radius 1 is 1.21 bits per heavy atom. The molecule has 2 heterocycles. The lowest BCUT2D eigenvalue weighted by Gasteiger charge is -2.31. The number of aryl methyl sites for hydroxylation is 2. The quantitative estimate of drug-likeness (QED) is 0.667. The molecule has 0 bridgehead atoms. The summed E-state index contributed by atoms with van der Waals surface area (Å²) in [6.45, 7) is 5.54. The maximum atomic E-state index is 12.9. The van der Waals surface area contributed by atoms with E-state index in [1.54, 1.807) is 0 Å². The molecule has 144 valence electrons. The van der Waals surface area contributed by atoms with Gasteiger partial charge in [0.1, 0.15) is 0 Å². The Labute approximate surface area is 165 Å². The molecule has 1 saturated heterocycles. The van der Waals surface area contributed by atoms with E-state index in [1.165, 1.54) is 5.56 Å². The van der Waals surface area contributed by atoms with E-state index in [9.17, 15) is 4.79 Å². The summed E-state index contributed by atoms with van der Waals surface area (Å²) in [5, 5.41) is 4.16. The largest absolute Gasteiger partial charge is 0.339 e. The SMILES string of the molecule is CCc1ccc(C(=O)N2CCC[C@@H](c3nc(-c4cccc(C)c4)no3)C2)cc1. The van der Waals surface area contributed by atoms with Crippen LogP contribution in [0.15, 0.2) is 53.1 Å². The van der Waals surface area contributed by atoms with Crippen molar-refractivity contribution in [3.05, 3.63) is 71.1 Å². The Morgan fingerprint density at radius 2 is 2.04 bits per heavy atom. The normalized spacial score (nSPS) is 16.9. The van der Waals surface area contributed by atoms with Gasteiger partial charge in [-0.1, -0.05) is 48.0 Å². The van der Waals surface area contributed by atoms with E-state index < -0.39 is 0 Å². The van der Waals surface area contributed by atoms with Crippen LogP contribution < -0.4 is 0 Å². The van der Waals surface area contributed by atoms with Crippen LogP contribution in [0.5, 0.6) is 0 Å². The van der Waals surface area contributed by atoms with E-state index in [1.807, 2.05) is 60.4 Å². The predicted molar refractivity (Wildman–Crippen MR) is 108 cm³/mol. The summed E-state index contributed by atoms with van der Waals surface area (Å²) in [5.41, 5.74) is 4.09. The fourth-order valence-corrected chi connectivity index (χ4v) is 3.73. The molecule has 1 aromatic heterocycles. The van der Waals surface area contributed by atoms with Crippen molar-refractivity contribution in [2.24, 2.45) is 0 Å². The summed E-state index contributed by atoms with van der Waals surface area (Å²) >= 11 is 0. The molecule has 0 spiro atoms. The van der Waals surface area contributed by atoms with Gasteiger partial charge in [0.25, 0.3) is 5.91 Å². The molecular formula is C23H25N3O2. The lowest BCUT2D eigenvalue weighted by Crippen LogP contribution is -2.39. The number of nitrogens with zero attached hydrogens (tertiary/aromatic N) is 3. The van der Waals surface area contributed by atoms with Crippen LogP contribution in [0.3, 0.4) is 0 Å². The van der Waals surface area contributed by atoms with Gasteiger partial charge in [-0.25, -0.2) is 0 Å². The third-order valence-corrected chi connectivity index (χ3v) is 5.38. The summed E-state index contributed by atoms with van der Waals surface area (Å²) in [6, 6.07) is 16.0. The van der Waals surface area contributed by atoms with Gasteiger partial charge in [-0.3, -0.25) is 4.79 Å². The van der Waals surface area contributed by atoms with Gasteiger partial charge >= 0.3 is 0 Å². The van der Waals surface area contributed by atoms with E-state index in [4.69, 9.17) is 4.52 Å². The number of hydrogen-bond donors (Lipinski definition) is 0. The molecule has 1 fully saturated rings. The highest BCUT2D eigenvalue weighted by Gasteiger charge is 2.29. The van der Waals surface area contributed by atoms with Crippen molar-refractivity contribution in [3.8, 4) is 11.4 Å². The van der Waals surface area contributed by atoms with Crippen LogP contribution in [-0.2, 0) is 6.42 Å². The third-order valence-electron chi connectivity index (χ3n) is 5.38. The first kappa shape index (κ1) is 18.4. The van der Waals surface area contributed by atoms with Crippen molar-refractivity contribution in [2.75, 3.05) is 13.1 Å². The molecule has 4 rings (SSSR count). The molecule has 0 saturated carbocycles. The van der Waals surface area contributed by atoms with Crippen LogP contribution in [0.4, 0.5) is 0 Å². The van der Waals surface area contributed by atoms with Crippen LogP contribution in [0.2, 0.25) is 0 Å². The fourth-order valence-electron chi connectivity index (χ4n) is 3.73. The molecule has 3 aromatic rings. The number of carbonyl (C=O) groups excluding carboxylic acids is 1. The number of rotatable bonds is 4. The molecule has 1 amide bonds. The van der Waals surface area contributed by atoms with Crippen molar-refractivity contribution in [2.45, 2.75) is 39.0 Å². The van der Waals surface area contributed by atoms with Gasteiger partial charge in [-0.05, 0) is 49.9 Å². The zero-order chi connectivity index (χ0) is 19.5. The van der Waals surface area contributed by atoms with Crippen LogP contribution >= 0.6 is 0 Å². The Bertz CT molecular complexity index is 962. The maximum Gasteiger partial charge on any atom is 0.253 e. The van der Waals surface area contributed by atoms with Crippen LogP contribution in [0.1, 0.15) is 53.1 Å². The van der Waals surface area contributed by atoms with E-state index in [0.29, 0.717) is 18.3 Å². The zero-order valence-corrected chi connectivity index (χ0v) is 16.4. The lowest BCUT2D eigenvalue weighted by molar-refractivity contribution is 0.0695. The molecule has 1 aliphatic heterocycles. The fraction of sp³-hybridized carbons (Fsp3) is 0.348. The molecule has 1 aliphatic rings. The van der Waals surface area contributed by atoms with Gasteiger partial charge in [-0.15, -0.1) is 0 Å². The second-order valence-electron chi connectivity index (χ2n) is 7.47. The first-order valence-electron chi connectivity index (χ1n) is 9.93. The van der Waals surface area contributed by atoms with Gasteiger partial charge in [0, 0.05) is 24.2 Å². The topological polar surface area (TPSA) is 59.2 Å². The monoisotopic (exact) mass is 375 g/mol. The Morgan fingerprint density at radius 3 is 2.79 bits per heavy atom. The van der Waals surface area contributed by atoms with Gasteiger partial charge < -0.3 is 9.42 Å².